The lowest BCUT2D eigenvalue weighted by molar-refractivity contribution is -0.679. The van der Waals surface area contributed by atoms with Crippen molar-refractivity contribution in [2.24, 2.45) is 0 Å². The number of amides is 2. The van der Waals surface area contributed by atoms with Crippen LogP contribution >= 0.6 is 0 Å². The van der Waals surface area contributed by atoms with Crippen LogP contribution in [0.15, 0.2) is 48.5 Å². The maximum absolute atomic E-state index is 12.4. The number of anilines is 1. The third-order valence-corrected chi connectivity index (χ3v) is 3.35. The summed E-state index contributed by atoms with van der Waals surface area (Å²) in [5.74, 6) is 0. The van der Waals surface area contributed by atoms with E-state index in [1.165, 1.54) is 4.90 Å². The van der Waals surface area contributed by atoms with Crippen LogP contribution in [0.5, 0.6) is 0 Å². The van der Waals surface area contributed by atoms with Crippen molar-refractivity contribution in [2.75, 3.05) is 11.9 Å². The molecule has 4 nitrogen and oxygen atoms in total. The van der Waals surface area contributed by atoms with Gasteiger partial charge in [0, 0.05) is 23.9 Å². The van der Waals surface area contributed by atoms with Gasteiger partial charge in [-0.1, -0.05) is 36.4 Å². The molecule has 0 aromatic heterocycles. The molecule has 0 aliphatic carbocycles. The van der Waals surface area contributed by atoms with E-state index in [9.17, 15) is 10.0 Å². The van der Waals surface area contributed by atoms with Crippen LogP contribution in [-0.2, 0) is 0 Å². The van der Waals surface area contributed by atoms with Gasteiger partial charge in [-0.05, 0) is 26.0 Å². The van der Waals surface area contributed by atoms with Gasteiger partial charge in [0.1, 0.15) is 5.69 Å². The van der Waals surface area contributed by atoms with Crippen LogP contribution < -0.4 is 9.96 Å². The second-order valence-electron chi connectivity index (χ2n) is 4.80. The highest BCUT2D eigenvalue weighted by molar-refractivity contribution is 5.86. The summed E-state index contributed by atoms with van der Waals surface area (Å²) in [5, 5.41) is 11.9. The first kappa shape index (κ1) is 14.2. The van der Waals surface area contributed by atoms with E-state index in [1.807, 2.05) is 50.2 Å². The van der Waals surface area contributed by atoms with E-state index in [4.69, 9.17) is 0 Å². The smallest absolute Gasteiger partial charge is 0.426 e. The van der Waals surface area contributed by atoms with E-state index in [0.29, 0.717) is 11.4 Å². The van der Waals surface area contributed by atoms with E-state index >= 15 is 0 Å². The number of carbonyl (C=O) groups is 1. The monoisotopic (exact) mass is 270 g/mol. The first-order valence-corrected chi connectivity index (χ1v) is 6.46. The number of nitrogens with one attached hydrogen (secondary N) is 1. The van der Waals surface area contributed by atoms with Gasteiger partial charge in [-0.3, -0.25) is 9.96 Å². The largest absolute Gasteiger partial charge is 0.620 e. The SMILES string of the molecule is Cc1cccc(C)c1[NH+]([O-])C(=O)N(C)c1ccccc1. The molecular weight excluding hydrogens is 252 g/mol. The van der Waals surface area contributed by atoms with Crippen LogP contribution in [-0.4, -0.2) is 13.1 Å². The minimum absolute atomic E-state index is 0.466. The summed E-state index contributed by atoms with van der Waals surface area (Å²) < 4.78 is 0. The van der Waals surface area contributed by atoms with Crippen LogP contribution in [0.4, 0.5) is 16.2 Å². The number of carbonyl (C=O) groups excluding carboxylic acids is 1. The number of para-hydroxylation sites is 2. The molecule has 0 spiro atoms. The van der Waals surface area contributed by atoms with Gasteiger partial charge in [-0.2, -0.15) is 0 Å². The van der Waals surface area contributed by atoms with Gasteiger partial charge in [0.2, 0.25) is 0 Å². The second-order valence-corrected chi connectivity index (χ2v) is 4.80. The fourth-order valence-corrected chi connectivity index (χ4v) is 2.20. The first-order chi connectivity index (χ1) is 9.52. The molecule has 0 aliphatic heterocycles. The van der Waals surface area contributed by atoms with Gasteiger partial charge in [0.25, 0.3) is 0 Å². The summed E-state index contributed by atoms with van der Waals surface area (Å²) in [6.07, 6.45) is 0. The highest BCUT2D eigenvalue weighted by Gasteiger charge is 2.23. The summed E-state index contributed by atoms with van der Waals surface area (Å²) in [7, 11) is 1.61. The van der Waals surface area contributed by atoms with Crippen molar-refractivity contribution in [2.45, 2.75) is 13.8 Å². The van der Waals surface area contributed by atoms with Gasteiger partial charge >= 0.3 is 6.03 Å². The quantitative estimate of drug-likeness (QED) is 0.853. The lowest BCUT2D eigenvalue weighted by atomic mass is 10.1. The molecule has 0 fully saturated rings. The number of aryl methyl sites for hydroxylation is 2. The van der Waals surface area contributed by atoms with Crippen molar-refractivity contribution in [1.29, 1.82) is 0 Å². The summed E-state index contributed by atoms with van der Waals surface area (Å²) in [4.78, 5) is 13.7. The van der Waals surface area contributed by atoms with Crippen LogP contribution in [0.2, 0.25) is 0 Å². The topological polar surface area (TPSA) is 47.8 Å². The number of quaternary nitrogens is 1. The maximum Gasteiger partial charge on any atom is 0.426 e. The van der Waals surface area contributed by atoms with Gasteiger partial charge < -0.3 is 5.21 Å². The van der Waals surface area contributed by atoms with Crippen molar-refractivity contribution in [3.63, 3.8) is 0 Å². The molecule has 1 N–H and O–H groups in total. The van der Waals surface area contributed by atoms with Crippen LogP contribution in [0.3, 0.4) is 0 Å². The number of rotatable bonds is 2. The van der Waals surface area contributed by atoms with Gasteiger partial charge in [-0.15, -0.1) is 0 Å². The van der Waals surface area contributed by atoms with E-state index in [2.05, 4.69) is 0 Å². The summed E-state index contributed by atoms with van der Waals surface area (Å²) >= 11 is 0. The van der Waals surface area contributed by atoms with E-state index in [-0.39, 0.29) is 0 Å². The molecule has 0 bridgehead atoms. The van der Waals surface area contributed by atoms with Crippen LogP contribution in [0.25, 0.3) is 0 Å². The Bertz CT molecular complexity index is 591. The van der Waals surface area contributed by atoms with Crippen molar-refractivity contribution in [1.82, 2.24) is 0 Å². The van der Waals surface area contributed by atoms with Crippen molar-refractivity contribution >= 4 is 17.4 Å². The molecule has 0 saturated heterocycles. The molecule has 20 heavy (non-hydrogen) atoms. The zero-order valence-corrected chi connectivity index (χ0v) is 11.9. The Labute approximate surface area is 118 Å². The third-order valence-electron chi connectivity index (χ3n) is 3.35. The van der Waals surface area contributed by atoms with Crippen molar-refractivity contribution < 1.29 is 9.86 Å². The highest BCUT2D eigenvalue weighted by atomic mass is 16.5. The number of hydroxylamine groups is 1. The molecule has 0 aliphatic rings. The molecule has 4 heteroatoms. The highest BCUT2D eigenvalue weighted by Crippen LogP contribution is 2.16. The lowest BCUT2D eigenvalue weighted by Gasteiger charge is -2.27. The molecule has 2 amide bonds. The van der Waals surface area contributed by atoms with Crippen LogP contribution in [0, 0.1) is 19.1 Å². The first-order valence-electron chi connectivity index (χ1n) is 6.46. The average Bonchev–Trinajstić information content (AvgIpc) is 2.46. The minimum Gasteiger partial charge on any atom is -0.620 e. The summed E-state index contributed by atoms with van der Waals surface area (Å²) in [5.41, 5.74) is 2.85. The van der Waals surface area contributed by atoms with Gasteiger partial charge in [0.05, 0.1) is 0 Å². The average molecular weight is 270 g/mol. The summed E-state index contributed by atoms with van der Waals surface area (Å²) in [6, 6.07) is 14.2. The molecule has 1 atom stereocenters. The molecular formula is C16H18N2O2. The Hall–Kier alpha value is -2.17. The molecule has 1 unspecified atom stereocenters. The molecule has 2 rings (SSSR count). The normalized spacial score (nSPS) is 12.0. The number of urea groups is 1. The fraction of sp³-hybridized carbons (Fsp3) is 0.188. The molecule has 0 radical (unpaired) electrons. The van der Waals surface area contributed by atoms with E-state index < -0.39 is 11.1 Å². The number of benzene rings is 2. The van der Waals surface area contributed by atoms with E-state index in [0.717, 1.165) is 11.1 Å². The van der Waals surface area contributed by atoms with Crippen LogP contribution in [0.1, 0.15) is 11.1 Å². The predicted octanol–water partition coefficient (Wildman–Crippen LogP) is 2.57. The zero-order chi connectivity index (χ0) is 14.7. The lowest BCUT2D eigenvalue weighted by Crippen LogP contribution is -3.07. The number of nitrogens with zero attached hydrogens (tertiary/aromatic N) is 1. The Morgan fingerprint density at radius 3 is 2.10 bits per heavy atom. The summed E-state index contributed by atoms with van der Waals surface area (Å²) in [6.45, 7) is 3.69. The van der Waals surface area contributed by atoms with E-state index in [1.54, 1.807) is 19.2 Å². The van der Waals surface area contributed by atoms with Gasteiger partial charge in [0.15, 0.2) is 0 Å². The molecule has 0 saturated carbocycles. The molecule has 104 valence electrons. The maximum atomic E-state index is 12.4. The Kier molecular flexibility index (Phi) is 4.17. The minimum atomic E-state index is -0.520. The second kappa shape index (κ2) is 5.86. The van der Waals surface area contributed by atoms with Crippen molar-refractivity contribution in [3.05, 3.63) is 64.9 Å². The van der Waals surface area contributed by atoms with Gasteiger partial charge in [-0.25, -0.2) is 4.79 Å². The molecule has 2 aromatic rings. The Morgan fingerprint density at radius 2 is 1.55 bits per heavy atom. The standard InChI is InChI=1S/C16H18N2O2/c1-12-8-7-9-13(2)15(12)18(20)16(19)17(3)14-10-5-4-6-11-14/h4-11,18H,1-3H3. The Morgan fingerprint density at radius 1 is 1.00 bits per heavy atom. The van der Waals surface area contributed by atoms with Crippen molar-refractivity contribution in [3.8, 4) is 0 Å². The number of hydrogen-bond acceptors (Lipinski definition) is 2. The third kappa shape index (κ3) is 2.71. The fourth-order valence-electron chi connectivity index (χ4n) is 2.20. The number of hydrogen-bond donors (Lipinski definition) is 1. The molecule has 0 heterocycles. The predicted molar refractivity (Wildman–Crippen MR) is 80.1 cm³/mol. The Balaban J connectivity index is 2.29. The molecule has 2 aromatic carbocycles. The zero-order valence-electron chi connectivity index (χ0n) is 11.9.